The lowest BCUT2D eigenvalue weighted by atomic mass is 10.1. The molecule has 0 unspecified atom stereocenters. The molecular formula is C19H14O3. The Morgan fingerprint density at radius 3 is 2.68 bits per heavy atom. The highest BCUT2D eigenvalue weighted by atomic mass is 16.3. The molecule has 0 saturated heterocycles. The predicted molar refractivity (Wildman–Crippen MR) is 87.1 cm³/mol. The van der Waals surface area contributed by atoms with Gasteiger partial charge in [-0.3, -0.25) is 4.79 Å². The third kappa shape index (κ3) is 1.94. The maximum atomic E-state index is 12.8. The van der Waals surface area contributed by atoms with Crippen LogP contribution in [-0.4, -0.2) is 0 Å². The van der Waals surface area contributed by atoms with Crippen molar-refractivity contribution >= 4 is 21.9 Å². The molecule has 4 aromatic rings. The van der Waals surface area contributed by atoms with Crippen LogP contribution in [0.25, 0.3) is 33.3 Å². The average Bonchev–Trinajstić information content (AvgIpc) is 2.98. The van der Waals surface area contributed by atoms with Crippen molar-refractivity contribution in [2.45, 2.75) is 13.3 Å². The molecule has 108 valence electrons. The van der Waals surface area contributed by atoms with Crippen LogP contribution in [0.3, 0.4) is 0 Å². The topological polar surface area (TPSA) is 43.4 Å². The SMILES string of the molecule is CCc1ccc2occ(-c3cc4ccccc4o3)c(=O)c2c1. The summed E-state index contributed by atoms with van der Waals surface area (Å²) in [5.74, 6) is 0.541. The first-order valence-electron chi connectivity index (χ1n) is 7.29. The Kier molecular flexibility index (Phi) is 2.86. The first-order chi connectivity index (χ1) is 10.8. The van der Waals surface area contributed by atoms with Gasteiger partial charge in [0.05, 0.1) is 5.39 Å². The second kappa shape index (κ2) is 4.88. The summed E-state index contributed by atoms with van der Waals surface area (Å²) in [4.78, 5) is 12.8. The normalized spacial score (nSPS) is 11.3. The number of hydrogen-bond donors (Lipinski definition) is 0. The van der Waals surface area contributed by atoms with Crippen molar-refractivity contribution in [3.8, 4) is 11.3 Å². The van der Waals surface area contributed by atoms with Crippen LogP contribution in [0.2, 0.25) is 0 Å². The van der Waals surface area contributed by atoms with E-state index >= 15 is 0 Å². The minimum Gasteiger partial charge on any atom is -0.463 e. The predicted octanol–water partition coefficient (Wildman–Crippen LogP) is 4.77. The molecule has 4 rings (SSSR count). The van der Waals surface area contributed by atoms with E-state index in [0.717, 1.165) is 23.0 Å². The van der Waals surface area contributed by atoms with E-state index in [1.807, 2.05) is 48.5 Å². The van der Waals surface area contributed by atoms with E-state index in [2.05, 4.69) is 6.92 Å². The number of hydrogen-bond acceptors (Lipinski definition) is 3. The Bertz CT molecular complexity index is 1000. The molecular weight excluding hydrogens is 276 g/mol. The molecule has 0 atom stereocenters. The molecule has 0 spiro atoms. The Morgan fingerprint density at radius 2 is 1.86 bits per heavy atom. The highest BCUT2D eigenvalue weighted by Gasteiger charge is 2.13. The molecule has 22 heavy (non-hydrogen) atoms. The van der Waals surface area contributed by atoms with E-state index in [1.165, 1.54) is 6.26 Å². The van der Waals surface area contributed by atoms with Crippen LogP contribution in [0.1, 0.15) is 12.5 Å². The Morgan fingerprint density at radius 1 is 1.00 bits per heavy atom. The summed E-state index contributed by atoms with van der Waals surface area (Å²) in [5.41, 5.74) is 2.87. The van der Waals surface area contributed by atoms with Gasteiger partial charge in [0.15, 0.2) is 0 Å². The Balaban J connectivity index is 1.98. The van der Waals surface area contributed by atoms with Gasteiger partial charge in [0.25, 0.3) is 0 Å². The van der Waals surface area contributed by atoms with Crippen molar-refractivity contribution in [2.24, 2.45) is 0 Å². The van der Waals surface area contributed by atoms with Gasteiger partial charge in [0.1, 0.15) is 28.8 Å². The molecule has 0 aliphatic heterocycles. The van der Waals surface area contributed by atoms with Gasteiger partial charge in [-0.15, -0.1) is 0 Å². The summed E-state index contributed by atoms with van der Waals surface area (Å²) < 4.78 is 11.4. The number of rotatable bonds is 2. The summed E-state index contributed by atoms with van der Waals surface area (Å²) in [6.07, 6.45) is 2.36. The van der Waals surface area contributed by atoms with Gasteiger partial charge in [0, 0.05) is 5.39 Å². The molecule has 2 aromatic heterocycles. The van der Waals surface area contributed by atoms with E-state index in [9.17, 15) is 4.79 Å². The van der Waals surface area contributed by atoms with Gasteiger partial charge in [-0.1, -0.05) is 31.2 Å². The van der Waals surface area contributed by atoms with Crippen LogP contribution in [-0.2, 0) is 6.42 Å². The smallest absolute Gasteiger partial charge is 0.203 e. The summed E-state index contributed by atoms with van der Waals surface area (Å²) in [7, 11) is 0. The van der Waals surface area contributed by atoms with Crippen LogP contribution in [0, 0.1) is 0 Å². The molecule has 0 aliphatic carbocycles. The molecule has 0 saturated carbocycles. The standard InChI is InChI=1S/C19H14O3/c1-2-12-7-8-17-14(9-12)19(20)15(11-21-17)18-10-13-5-3-4-6-16(13)22-18/h3-11H,2H2,1H3. The molecule has 3 nitrogen and oxygen atoms in total. The van der Waals surface area contributed by atoms with Crippen LogP contribution in [0.15, 0.2) is 68.4 Å². The fraction of sp³-hybridized carbons (Fsp3) is 0.105. The van der Waals surface area contributed by atoms with Crippen molar-refractivity contribution in [1.29, 1.82) is 0 Å². The zero-order valence-electron chi connectivity index (χ0n) is 12.1. The summed E-state index contributed by atoms with van der Waals surface area (Å²) in [6.45, 7) is 2.06. The van der Waals surface area contributed by atoms with Crippen LogP contribution in [0.5, 0.6) is 0 Å². The second-order valence-electron chi connectivity index (χ2n) is 5.31. The summed E-state index contributed by atoms with van der Waals surface area (Å²) >= 11 is 0. The molecule has 0 bridgehead atoms. The van der Waals surface area contributed by atoms with Crippen LogP contribution < -0.4 is 5.43 Å². The van der Waals surface area contributed by atoms with Gasteiger partial charge in [-0.2, -0.15) is 0 Å². The van der Waals surface area contributed by atoms with Crippen LogP contribution >= 0.6 is 0 Å². The quantitative estimate of drug-likeness (QED) is 0.534. The number of benzene rings is 2. The lowest BCUT2D eigenvalue weighted by Gasteiger charge is -2.02. The van der Waals surface area contributed by atoms with Gasteiger partial charge in [0.2, 0.25) is 5.43 Å². The number of fused-ring (bicyclic) bond motifs is 2. The third-order valence-electron chi connectivity index (χ3n) is 3.94. The largest absolute Gasteiger partial charge is 0.463 e. The Labute approximate surface area is 126 Å². The minimum atomic E-state index is -0.0596. The fourth-order valence-electron chi connectivity index (χ4n) is 2.68. The fourth-order valence-corrected chi connectivity index (χ4v) is 2.68. The van der Waals surface area contributed by atoms with Gasteiger partial charge in [-0.25, -0.2) is 0 Å². The molecule has 0 amide bonds. The van der Waals surface area contributed by atoms with Crippen molar-refractivity contribution in [1.82, 2.24) is 0 Å². The second-order valence-corrected chi connectivity index (χ2v) is 5.31. The lowest BCUT2D eigenvalue weighted by molar-refractivity contribution is 0.591. The zero-order valence-corrected chi connectivity index (χ0v) is 12.1. The number of furan rings is 1. The van der Waals surface area contributed by atoms with E-state index < -0.39 is 0 Å². The molecule has 0 fully saturated rings. The first-order valence-corrected chi connectivity index (χ1v) is 7.29. The average molecular weight is 290 g/mol. The van der Waals surface area contributed by atoms with E-state index in [4.69, 9.17) is 8.83 Å². The molecule has 2 heterocycles. The zero-order chi connectivity index (χ0) is 15.1. The van der Waals surface area contributed by atoms with E-state index in [-0.39, 0.29) is 5.43 Å². The maximum Gasteiger partial charge on any atom is 0.203 e. The van der Waals surface area contributed by atoms with Gasteiger partial charge >= 0.3 is 0 Å². The molecule has 3 heteroatoms. The molecule has 0 aliphatic rings. The lowest BCUT2D eigenvalue weighted by Crippen LogP contribution is -2.04. The first kappa shape index (κ1) is 12.9. The molecule has 2 aromatic carbocycles. The van der Waals surface area contributed by atoms with Crippen molar-refractivity contribution in [3.05, 3.63) is 70.6 Å². The highest BCUT2D eigenvalue weighted by Crippen LogP contribution is 2.27. The van der Waals surface area contributed by atoms with E-state index in [1.54, 1.807) is 0 Å². The summed E-state index contributed by atoms with van der Waals surface area (Å²) in [5, 5.41) is 1.57. The van der Waals surface area contributed by atoms with Crippen LogP contribution in [0.4, 0.5) is 0 Å². The number of aryl methyl sites for hydroxylation is 1. The van der Waals surface area contributed by atoms with E-state index in [0.29, 0.717) is 22.3 Å². The maximum absolute atomic E-state index is 12.8. The highest BCUT2D eigenvalue weighted by molar-refractivity contribution is 5.85. The number of para-hydroxylation sites is 1. The van der Waals surface area contributed by atoms with Crippen molar-refractivity contribution in [2.75, 3.05) is 0 Å². The van der Waals surface area contributed by atoms with Gasteiger partial charge < -0.3 is 8.83 Å². The molecule has 0 N–H and O–H groups in total. The summed E-state index contributed by atoms with van der Waals surface area (Å²) in [6, 6.07) is 15.3. The third-order valence-corrected chi connectivity index (χ3v) is 3.94. The Hall–Kier alpha value is -2.81. The van der Waals surface area contributed by atoms with Crippen molar-refractivity contribution in [3.63, 3.8) is 0 Å². The van der Waals surface area contributed by atoms with Crippen molar-refractivity contribution < 1.29 is 8.83 Å². The molecule has 0 radical (unpaired) electrons. The monoisotopic (exact) mass is 290 g/mol. The minimum absolute atomic E-state index is 0.0596. The van der Waals surface area contributed by atoms with Gasteiger partial charge in [-0.05, 0) is 36.2 Å².